The van der Waals surface area contributed by atoms with Crippen LogP contribution in [0.3, 0.4) is 0 Å². The van der Waals surface area contributed by atoms with Crippen molar-refractivity contribution in [2.24, 2.45) is 0 Å². The van der Waals surface area contributed by atoms with E-state index in [4.69, 9.17) is 33.3 Å². The molecule has 0 aliphatic carbocycles. The van der Waals surface area contributed by atoms with Gasteiger partial charge < -0.3 is 14.7 Å². The van der Waals surface area contributed by atoms with Crippen molar-refractivity contribution in [3.05, 3.63) is 99.2 Å². The van der Waals surface area contributed by atoms with Crippen LogP contribution in [-0.2, 0) is 6.42 Å². The summed E-state index contributed by atoms with van der Waals surface area (Å²) in [4.78, 5) is 8.18. The molecule has 0 saturated carbocycles. The maximum Gasteiger partial charge on any atom is 0.258 e. The van der Waals surface area contributed by atoms with Gasteiger partial charge in [0.1, 0.15) is 0 Å². The Morgan fingerprint density at radius 3 is 2.61 bits per heavy atom. The summed E-state index contributed by atoms with van der Waals surface area (Å²) < 4.78 is 5.79. The molecule has 0 fully saturated rings. The van der Waals surface area contributed by atoms with Crippen molar-refractivity contribution in [2.45, 2.75) is 19.4 Å². The molecular formula is C25H21ClN4OS2. The second-order valence-electron chi connectivity index (χ2n) is 7.70. The lowest BCUT2D eigenvalue weighted by molar-refractivity contribution is 0.397. The number of hydrogen-bond acceptors (Lipinski definition) is 5. The molecule has 1 aliphatic heterocycles. The number of hydrogen-bond donors (Lipinski definition) is 1. The van der Waals surface area contributed by atoms with Gasteiger partial charge in [-0.3, -0.25) is 0 Å². The number of nitrogens with zero attached hydrogens (tertiary/aromatic N) is 3. The first-order chi connectivity index (χ1) is 16.1. The molecular weight excluding hydrogens is 472 g/mol. The Morgan fingerprint density at radius 2 is 1.88 bits per heavy atom. The van der Waals surface area contributed by atoms with Gasteiger partial charge >= 0.3 is 0 Å². The fraction of sp³-hybridized carbons (Fsp3) is 0.160. The molecule has 0 radical (unpaired) electrons. The normalized spacial score (nSPS) is 16.2. The predicted molar refractivity (Wildman–Crippen MR) is 137 cm³/mol. The van der Waals surface area contributed by atoms with Crippen molar-refractivity contribution >= 4 is 45.8 Å². The number of thiophene rings is 1. The van der Waals surface area contributed by atoms with Gasteiger partial charge in [0, 0.05) is 27.7 Å². The lowest BCUT2D eigenvalue weighted by atomic mass is 9.95. The average molecular weight is 493 g/mol. The van der Waals surface area contributed by atoms with E-state index < -0.39 is 0 Å². The molecule has 0 bridgehead atoms. The minimum atomic E-state index is -0.185. The molecule has 8 heteroatoms. The first kappa shape index (κ1) is 21.8. The third-order valence-electron chi connectivity index (χ3n) is 5.65. The third-order valence-corrected chi connectivity index (χ3v) is 7.18. The van der Waals surface area contributed by atoms with E-state index in [1.807, 2.05) is 42.5 Å². The van der Waals surface area contributed by atoms with Gasteiger partial charge in [-0.1, -0.05) is 53.2 Å². The molecule has 5 nitrogen and oxygen atoms in total. The number of rotatable bonds is 6. The van der Waals surface area contributed by atoms with Gasteiger partial charge in [0.05, 0.1) is 11.6 Å². The summed E-state index contributed by atoms with van der Waals surface area (Å²) in [5.74, 6) is 0.995. The molecule has 0 spiro atoms. The molecule has 1 unspecified atom stereocenters. The van der Waals surface area contributed by atoms with Crippen molar-refractivity contribution in [3.8, 4) is 11.4 Å². The predicted octanol–water partition coefficient (Wildman–Crippen LogP) is 6.36. The lowest BCUT2D eigenvalue weighted by Gasteiger charge is -2.37. The molecule has 166 valence electrons. The Balaban J connectivity index is 1.54. The zero-order chi connectivity index (χ0) is 22.8. The van der Waals surface area contributed by atoms with Crippen molar-refractivity contribution in [3.63, 3.8) is 0 Å². The highest BCUT2D eigenvalue weighted by Gasteiger charge is 2.33. The minimum Gasteiger partial charge on any atom is -0.351 e. The van der Waals surface area contributed by atoms with E-state index >= 15 is 0 Å². The smallest absolute Gasteiger partial charge is 0.258 e. The van der Waals surface area contributed by atoms with Crippen LogP contribution in [0.4, 0.5) is 0 Å². The van der Waals surface area contributed by atoms with Gasteiger partial charge in [-0.25, -0.2) is 0 Å². The van der Waals surface area contributed by atoms with E-state index in [1.54, 1.807) is 11.3 Å². The zero-order valence-corrected chi connectivity index (χ0v) is 20.3. The second-order valence-corrected chi connectivity index (χ2v) is 9.56. The Hall–Kier alpha value is -3.00. The third kappa shape index (κ3) is 4.57. The summed E-state index contributed by atoms with van der Waals surface area (Å²) in [6.07, 6.45) is 0.903. The van der Waals surface area contributed by atoms with E-state index in [0.717, 1.165) is 35.4 Å². The summed E-state index contributed by atoms with van der Waals surface area (Å²) in [6.45, 7) is 2.83. The first-order valence-electron chi connectivity index (χ1n) is 10.6. The van der Waals surface area contributed by atoms with E-state index in [-0.39, 0.29) is 6.04 Å². The second kappa shape index (κ2) is 9.47. The number of nitrogens with one attached hydrogen (secondary N) is 1. The van der Waals surface area contributed by atoms with E-state index in [2.05, 4.69) is 51.9 Å². The van der Waals surface area contributed by atoms with Crippen LogP contribution in [0.5, 0.6) is 0 Å². The van der Waals surface area contributed by atoms with Crippen LogP contribution < -0.4 is 5.32 Å². The molecule has 1 atom stereocenters. The maximum atomic E-state index is 6.03. The largest absolute Gasteiger partial charge is 0.351 e. The Bertz CT molecular complexity index is 1280. The highest BCUT2D eigenvalue weighted by molar-refractivity contribution is 7.80. The first-order valence-corrected chi connectivity index (χ1v) is 12.2. The van der Waals surface area contributed by atoms with E-state index in [0.29, 0.717) is 21.9 Å². The molecule has 0 saturated heterocycles. The number of aromatic nitrogens is 2. The van der Waals surface area contributed by atoms with Crippen LogP contribution in [-0.4, -0.2) is 26.7 Å². The number of allylic oxidation sites excluding steroid dienone is 1. The molecule has 0 amide bonds. The summed E-state index contributed by atoms with van der Waals surface area (Å²) in [7, 11) is 0. The van der Waals surface area contributed by atoms with Gasteiger partial charge in [0.2, 0.25) is 5.82 Å². The van der Waals surface area contributed by atoms with Gasteiger partial charge in [0.15, 0.2) is 5.11 Å². The summed E-state index contributed by atoms with van der Waals surface area (Å²) >= 11 is 13.6. The van der Waals surface area contributed by atoms with Crippen molar-refractivity contribution in [1.29, 1.82) is 0 Å². The van der Waals surface area contributed by atoms with Crippen molar-refractivity contribution in [1.82, 2.24) is 20.4 Å². The van der Waals surface area contributed by atoms with E-state index in [9.17, 15) is 0 Å². The van der Waals surface area contributed by atoms with E-state index in [1.165, 1.54) is 4.88 Å². The molecule has 2 aromatic carbocycles. The Labute approximate surface area is 206 Å². The van der Waals surface area contributed by atoms with Crippen molar-refractivity contribution in [2.75, 3.05) is 6.54 Å². The van der Waals surface area contributed by atoms with Crippen molar-refractivity contribution < 1.29 is 4.52 Å². The highest BCUT2D eigenvalue weighted by Crippen LogP contribution is 2.37. The molecule has 4 aromatic rings. The number of thiocarbonyl (C=S) groups is 1. The Morgan fingerprint density at radius 1 is 1.09 bits per heavy atom. The summed E-state index contributed by atoms with van der Waals surface area (Å²) in [5, 5.41) is 11.2. The molecule has 3 heterocycles. The quantitative estimate of drug-likeness (QED) is 0.316. The molecule has 1 aliphatic rings. The standard InChI is InChI=1S/C25H21ClN4OS2/c1-16-21(24-28-23(29-31-24)18-9-11-19(26)12-10-18)22(17-6-3-2-4-7-17)27-25(32)30(16)14-13-20-8-5-15-33-20/h2-12,15,22H,13-14H2,1H3,(H,27,32). The Kier molecular flexibility index (Phi) is 6.26. The van der Waals surface area contributed by atoms with Crippen LogP contribution in [0.15, 0.2) is 82.3 Å². The number of benzene rings is 2. The summed E-state index contributed by atoms with van der Waals surface area (Å²) in [6, 6.07) is 21.6. The number of halogens is 1. The van der Waals surface area contributed by atoms with Gasteiger partial charge in [-0.05, 0) is 66.8 Å². The topological polar surface area (TPSA) is 54.2 Å². The van der Waals surface area contributed by atoms with Crippen LogP contribution in [0.25, 0.3) is 17.0 Å². The highest BCUT2D eigenvalue weighted by atomic mass is 35.5. The van der Waals surface area contributed by atoms with Gasteiger partial charge in [0.25, 0.3) is 5.89 Å². The van der Waals surface area contributed by atoms with Crippen LogP contribution in [0.2, 0.25) is 5.02 Å². The van der Waals surface area contributed by atoms with Crippen LogP contribution in [0.1, 0.15) is 29.3 Å². The molecule has 1 N–H and O–H groups in total. The van der Waals surface area contributed by atoms with Gasteiger partial charge in [-0.15, -0.1) is 11.3 Å². The molecule has 2 aromatic heterocycles. The lowest BCUT2D eigenvalue weighted by Crippen LogP contribution is -2.46. The van der Waals surface area contributed by atoms with Gasteiger partial charge in [-0.2, -0.15) is 4.98 Å². The SMILES string of the molecule is CC1=C(c2nc(-c3ccc(Cl)cc3)no2)C(c2ccccc2)NC(=S)N1CCc1cccs1. The monoisotopic (exact) mass is 492 g/mol. The van der Waals surface area contributed by atoms with Crippen LogP contribution in [0, 0.1) is 0 Å². The average Bonchev–Trinajstić information content (AvgIpc) is 3.52. The minimum absolute atomic E-state index is 0.185. The zero-order valence-electron chi connectivity index (χ0n) is 17.9. The van der Waals surface area contributed by atoms with Crippen LogP contribution >= 0.6 is 35.2 Å². The fourth-order valence-corrected chi connectivity index (χ4v) is 5.12. The fourth-order valence-electron chi connectivity index (χ4n) is 3.95. The summed E-state index contributed by atoms with van der Waals surface area (Å²) in [5.41, 5.74) is 3.86. The molecule has 33 heavy (non-hydrogen) atoms. The molecule has 5 rings (SSSR count). The maximum absolute atomic E-state index is 6.03.